The van der Waals surface area contributed by atoms with E-state index in [4.69, 9.17) is 10.5 Å². The molecule has 1 spiro atoms. The quantitative estimate of drug-likeness (QED) is 0.857. The number of carbonyl (C=O) groups is 1. The van der Waals surface area contributed by atoms with Crippen LogP contribution in [0.4, 0.5) is 0 Å². The first-order valence-electron chi connectivity index (χ1n) is 10.1. The third kappa shape index (κ3) is 3.77. The van der Waals surface area contributed by atoms with E-state index < -0.39 is 0 Å². The van der Waals surface area contributed by atoms with Crippen molar-refractivity contribution < 1.29 is 9.53 Å². The van der Waals surface area contributed by atoms with Crippen LogP contribution in [0.15, 0.2) is 54.6 Å². The lowest BCUT2D eigenvalue weighted by molar-refractivity contribution is -0.137. The maximum atomic E-state index is 13.1. The highest BCUT2D eigenvalue weighted by molar-refractivity contribution is 5.82. The Hall–Kier alpha value is -2.37. The van der Waals surface area contributed by atoms with Crippen LogP contribution in [0.3, 0.4) is 0 Å². The molecule has 0 saturated carbocycles. The molecule has 148 valence electrons. The molecule has 0 radical (unpaired) electrons. The van der Waals surface area contributed by atoms with Gasteiger partial charge in [0.05, 0.1) is 6.04 Å². The average molecular weight is 380 g/mol. The number of benzene rings is 2. The number of nitrogens with two attached hydrogens (primary N) is 1. The van der Waals surface area contributed by atoms with Crippen LogP contribution in [0.1, 0.15) is 36.4 Å². The summed E-state index contributed by atoms with van der Waals surface area (Å²) in [4.78, 5) is 15.0. The first kappa shape index (κ1) is 19.0. The molecule has 1 amide bonds. The van der Waals surface area contributed by atoms with Crippen LogP contribution in [0.5, 0.6) is 5.75 Å². The highest BCUT2D eigenvalue weighted by atomic mass is 16.5. The first-order chi connectivity index (χ1) is 13.6. The van der Waals surface area contributed by atoms with E-state index in [2.05, 4.69) is 17.4 Å². The molecule has 2 unspecified atom stereocenters. The largest absolute Gasteiger partial charge is 0.487 e. The zero-order valence-electron chi connectivity index (χ0n) is 16.4. The van der Waals surface area contributed by atoms with E-state index in [0.717, 1.165) is 30.6 Å². The number of rotatable bonds is 4. The number of likely N-dealkylation sites (tertiary alicyclic amines) is 1. The van der Waals surface area contributed by atoms with Crippen LogP contribution < -0.4 is 15.8 Å². The number of amides is 1. The number of nitrogens with zero attached hydrogens (tertiary/aromatic N) is 1. The first-order valence-corrected chi connectivity index (χ1v) is 10.1. The number of fused-ring (bicyclic) bond motifs is 1. The van der Waals surface area contributed by atoms with Gasteiger partial charge in [-0.05, 0) is 25.1 Å². The molecule has 2 heterocycles. The highest BCUT2D eigenvalue weighted by Gasteiger charge is 2.43. The molecule has 2 aromatic rings. The number of hydrogen-bond donors (Lipinski definition) is 2. The summed E-state index contributed by atoms with van der Waals surface area (Å²) in [6.07, 6.45) is 3.16. The zero-order chi connectivity index (χ0) is 19.6. The summed E-state index contributed by atoms with van der Waals surface area (Å²) in [5.74, 6) is 1.07. The van der Waals surface area contributed by atoms with Gasteiger partial charge < -0.3 is 20.7 Å². The van der Waals surface area contributed by atoms with Gasteiger partial charge >= 0.3 is 0 Å². The summed E-state index contributed by atoms with van der Waals surface area (Å²) in [7, 11) is 1.86. The third-order valence-electron chi connectivity index (χ3n) is 6.15. The number of carbonyl (C=O) groups excluding carboxylic acids is 1. The minimum absolute atomic E-state index is 0.00432. The lowest BCUT2D eigenvalue weighted by Gasteiger charge is -2.46. The second-order valence-electron chi connectivity index (χ2n) is 7.99. The second kappa shape index (κ2) is 7.94. The molecule has 1 saturated heterocycles. The van der Waals surface area contributed by atoms with E-state index >= 15 is 0 Å². The number of ether oxygens (including phenoxy) is 1. The topological polar surface area (TPSA) is 67.6 Å². The Morgan fingerprint density at radius 1 is 1.18 bits per heavy atom. The second-order valence-corrected chi connectivity index (χ2v) is 7.99. The lowest BCUT2D eigenvalue weighted by atomic mass is 9.80. The average Bonchev–Trinajstić information content (AvgIpc) is 2.73. The predicted molar refractivity (Wildman–Crippen MR) is 110 cm³/mol. The van der Waals surface area contributed by atoms with Crippen LogP contribution in [0.2, 0.25) is 0 Å². The molecule has 3 N–H and O–H groups in total. The van der Waals surface area contributed by atoms with Gasteiger partial charge in [-0.1, -0.05) is 48.5 Å². The van der Waals surface area contributed by atoms with E-state index in [9.17, 15) is 4.79 Å². The molecular weight excluding hydrogens is 350 g/mol. The van der Waals surface area contributed by atoms with Gasteiger partial charge in [-0.2, -0.15) is 0 Å². The Bertz CT molecular complexity index is 816. The molecule has 5 heteroatoms. The van der Waals surface area contributed by atoms with Crippen molar-refractivity contribution in [1.29, 1.82) is 0 Å². The fourth-order valence-corrected chi connectivity index (χ4v) is 4.49. The molecule has 2 atom stereocenters. The maximum absolute atomic E-state index is 13.1. The van der Waals surface area contributed by atoms with Crippen molar-refractivity contribution in [3.8, 4) is 5.75 Å². The minimum atomic E-state index is -0.251. The molecule has 1 fully saturated rings. The van der Waals surface area contributed by atoms with Gasteiger partial charge in [0.1, 0.15) is 11.4 Å². The SMILES string of the molecule is CNC(Cc1ccccc1)C(=O)N1CCC2(CC1)CC(N)c1ccccc1O2. The van der Waals surface area contributed by atoms with Gasteiger partial charge in [0.15, 0.2) is 0 Å². The van der Waals surface area contributed by atoms with Crippen molar-refractivity contribution >= 4 is 5.91 Å². The number of piperidine rings is 1. The maximum Gasteiger partial charge on any atom is 0.240 e. The van der Waals surface area contributed by atoms with Crippen LogP contribution in [0, 0.1) is 0 Å². The molecule has 2 aliphatic heterocycles. The van der Waals surface area contributed by atoms with Gasteiger partial charge in [-0.25, -0.2) is 0 Å². The standard InChI is InChI=1S/C23H29N3O2/c1-25-20(15-17-7-3-2-4-8-17)22(27)26-13-11-23(12-14-26)16-19(24)18-9-5-6-10-21(18)28-23/h2-10,19-20,25H,11-16,24H2,1H3. The van der Waals surface area contributed by atoms with Gasteiger partial charge in [-0.15, -0.1) is 0 Å². The van der Waals surface area contributed by atoms with Crippen molar-refractivity contribution in [1.82, 2.24) is 10.2 Å². The molecule has 5 nitrogen and oxygen atoms in total. The normalized spacial score (nSPS) is 21.6. The Morgan fingerprint density at radius 3 is 2.57 bits per heavy atom. The van der Waals surface area contributed by atoms with E-state index in [-0.39, 0.29) is 23.6 Å². The molecular formula is C23H29N3O2. The summed E-state index contributed by atoms with van der Waals surface area (Å²) >= 11 is 0. The monoisotopic (exact) mass is 379 g/mol. The van der Waals surface area contributed by atoms with Crippen molar-refractivity contribution in [3.63, 3.8) is 0 Å². The van der Waals surface area contributed by atoms with Gasteiger partial charge in [0, 0.05) is 44.0 Å². The van der Waals surface area contributed by atoms with E-state index in [1.165, 1.54) is 5.56 Å². The van der Waals surface area contributed by atoms with Crippen molar-refractivity contribution in [2.75, 3.05) is 20.1 Å². The van der Waals surface area contributed by atoms with Gasteiger partial charge in [-0.3, -0.25) is 4.79 Å². The van der Waals surface area contributed by atoms with E-state index in [1.54, 1.807) is 0 Å². The number of hydrogen-bond acceptors (Lipinski definition) is 4. The molecule has 0 aromatic heterocycles. The molecule has 2 aliphatic rings. The Kier molecular flexibility index (Phi) is 5.38. The Labute approximate surface area is 166 Å². The smallest absolute Gasteiger partial charge is 0.240 e. The van der Waals surface area contributed by atoms with E-state index in [1.807, 2.05) is 54.4 Å². The summed E-state index contributed by atoms with van der Waals surface area (Å²) in [5.41, 5.74) is 8.44. The summed E-state index contributed by atoms with van der Waals surface area (Å²) in [6.45, 7) is 1.42. The summed E-state index contributed by atoms with van der Waals surface area (Å²) < 4.78 is 6.41. The fraction of sp³-hybridized carbons (Fsp3) is 0.435. The molecule has 2 aromatic carbocycles. The van der Waals surface area contributed by atoms with E-state index in [0.29, 0.717) is 19.5 Å². The summed E-state index contributed by atoms with van der Waals surface area (Å²) in [5, 5.41) is 3.20. The van der Waals surface area contributed by atoms with Gasteiger partial charge in [0.25, 0.3) is 0 Å². The number of para-hydroxylation sites is 1. The van der Waals surface area contributed by atoms with Crippen LogP contribution >= 0.6 is 0 Å². The predicted octanol–water partition coefficient (Wildman–Crippen LogP) is 2.66. The fourth-order valence-electron chi connectivity index (χ4n) is 4.49. The van der Waals surface area contributed by atoms with Gasteiger partial charge in [0.2, 0.25) is 5.91 Å². The molecule has 0 bridgehead atoms. The molecule has 28 heavy (non-hydrogen) atoms. The van der Waals surface area contributed by atoms with Crippen molar-refractivity contribution in [2.24, 2.45) is 5.73 Å². The molecule has 4 rings (SSSR count). The zero-order valence-corrected chi connectivity index (χ0v) is 16.4. The van der Waals surface area contributed by atoms with Crippen LogP contribution in [0.25, 0.3) is 0 Å². The van der Waals surface area contributed by atoms with Crippen LogP contribution in [-0.4, -0.2) is 42.6 Å². The number of nitrogens with one attached hydrogen (secondary N) is 1. The summed E-state index contributed by atoms with van der Waals surface area (Å²) in [6, 6.07) is 18.0. The van der Waals surface area contributed by atoms with Crippen LogP contribution in [-0.2, 0) is 11.2 Å². The Balaban J connectivity index is 1.40. The lowest BCUT2D eigenvalue weighted by Crippen LogP contribution is -2.55. The third-order valence-corrected chi connectivity index (χ3v) is 6.15. The Morgan fingerprint density at radius 2 is 1.86 bits per heavy atom. The van der Waals surface area contributed by atoms with Crippen molar-refractivity contribution in [2.45, 2.75) is 43.4 Å². The van der Waals surface area contributed by atoms with Crippen molar-refractivity contribution in [3.05, 3.63) is 65.7 Å². The highest BCUT2D eigenvalue weighted by Crippen LogP contribution is 2.43. The molecule has 0 aliphatic carbocycles. The minimum Gasteiger partial charge on any atom is -0.487 e. The number of likely N-dealkylation sites (N-methyl/N-ethyl adjacent to an activating group) is 1.